The summed E-state index contributed by atoms with van der Waals surface area (Å²) in [6.07, 6.45) is 2.34. The third kappa shape index (κ3) is 5.95. The molecular weight excluding hydrogens is 242 g/mol. The van der Waals surface area contributed by atoms with E-state index in [1.807, 2.05) is 31.2 Å². The first-order chi connectivity index (χ1) is 9.01. The van der Waals surface area contributed by atoms with Crippen LogP contribution in [0.5, 0.6) is 5.75 Å². The van der Waals surface area contributed by atoms with Crippen molar-refractivity contribution in [2.24, 2.45) is 0 Å². The lowest BCUT2D eigenvalue weighted by Gasteiger charge is -2.14. The minimum atomic E-state index is -0.923. The first-order valence-corrected chi connectivity index (χ1v) is 6.42. The molecule has 0 saturated carbocycles. The van der Waals surface area contributed by atoms with Gasteiger partial charge in [-0.3, -0.25) is 0 Å². The lowest BCUT2D eigenvalue weighted by atomic mass is 10.2. The average Bonchev–Trinajstić information content (AvgIpc) is 2.36. The number of carbonyl (C=O) groups is 1. The van der Waals surface area contributed by atoms with Crippen LogP contribution in [-0.4, -0.2) is 23.7 Å². The molecule has 0 aliphatic rings. The zero-order valence-corrected chi connectivity index (χ0v) is 11.6. The highest BCUT2D eigenvalue weighted by Crippen LogP contribution is 2.19. The topological polar surface area (TPSA) is 58.6 Å². The van der Waals surface area contributed by atoms with Gasteiger partial charge in [0.15, 0.2) is 0 Å². The van der Waals surface area contributed by atoms with Crippen LogP contribution in [0.15, 0.2) is 35.9 Å². The molecule has 1 rings (SSSR count). The van der Waals surface area contributed by atoms with Crippen LogP contribution >= 0.6 is 0 Å². The smallest absolute Gasteiger partial charge is 0.328 e. The number of aliphatic carboxylic acids is 1. The van der Waals surface area contributed by atoms with E-state index >= 15 is 0 Å². The van der Waals surface area contributed by atoms with E-state index in [1.54, 1.807) is 6.92 Å². The predicted molar refractivity (Wildman–Crippen MR) is 76.7 cm³/mol. The summed E-state index contributed by atoms with van der Waals surface area (Å²) in [7, 11) is 0. The molecule has 0 bridgehead atoms. The Morgan fingerprint density at radius 1 is 1.53 bits per heavy atom. The van der Waals surface area contributed by atoms with Gasteiger partial charge in [-0.25, -0.2) is 4.79 Å². The SMILES string of the molecule is CCC(C)Oc1cccc(NC/C(C)=C/C(=O)O)c1. The number of hydrogen-bond donors (Lipinski definition) is 2. The summed E-state index contributed by atoms with van der Waals surface area (Å²) in [5, 5.41) is 11.8. The molecule has 0 aromatic heterocycles. The monoisotopic (exact) mass is 263 g/mol. The van der Waals surface area contributed by atoms with Crippen molar-refractivity contribution in [2.75, 3.05) is 11.9 Å². The van der Waals surface area contributed by atoms with Gasteiger partial charge in [-0.1, -0.05) is 13.0 Å². The largest absolute Gasteiger partial charge is 0.491 e. The van der Waals surface area contributed by atoms with Gasteiger partial charge in [0.25, 0.3) is 0 Å². The van der Waals surface area contributed by atoms with Gasteiger partial charge in [0.1, 0.15) is 5.75 Å². The molecule has 0 saturated heterocycles. The Kier molecular flexibility index (Phi) is 5.93. The quantitative estimate of drug-likeness (QED) is 0.741. The van der Waals surface area contributed by atoms with E-state index in [0.29, 0.717) is 6.54 Å². The van der Waals surface area contributed by atoms with Crippen molar-refractivity contribution in [1.29, 1.82) is 0 Å². The molecule has 1 aromatic carbocycles. The Hall–Kier alpha value is -1.97. The molecule has 1 unspecified atom stereocenters. The van der Waals surface area contributed by atoms with Crippen LogP contribution in [0.2, 0.25) is 0 Å². The van der Waals surface area contributed by atoms with Gasteiger partial charge in [0, 0.05) is 24.4 Å². The molecule has 0 heterocycles. The zero-order chi connectivity index (χ0) is 14.3. The van der Waals surface area contributed by atoms with E-state index in [-0.39, 0.29) is 6.10 Å². The summed E-state index contributed by atoms with van der Waals surface area (Å²) in [5.41, 5.74) is 1.68. The maximum atomic E-state index is 10.5. The summed E-state index contributed by atoms with van der Waals surface area (Å²) in [6, 6.07) is 7.67. The van der Waals surface area contributed by atoms with E-state index in [9.17, 15) is 4.79 Å². The van der Waals surface area contributed by atoms with Gasteiger partial charge in [-0.2, -0.15) is 0 Å². The maximum absolute atomic E-state index is 10.5. The number of carboxylic acid groups (broad SMARTS) is 1. The molecule has 0 spiro atoms. The Bertz CT molecular complexity index is 454. The van der Waals surface area contributed by atoms with E-state index in [2.05, 4.69) is 12.2 Å². The van der Waals surface area contributed by atoms with Crippen molar-refractivity contribution in [3.63, 3.8) is 0 Å². The number of anilines is 1. The van der Waals surface area contributed by atoms with E-state index in [0.717, 1.165) is 23.4 Å². The van der Waals surface area contributed by atoms with Gasteiger partial charge in [-0.15, -0.1) is 0 Å². The van der Waals surface area contributed by atoms with Crippen LogP contribution in [-0.2, 0) is 4.79 Å². The van der Waals surface area contributed by atoms with Crippen LogP contribution in [0.4, 0.5) is 5.69 Å². The van der Waals surface area contributed by atoms with Crippen molar-refractivity contribution in [3.8, 4) is 5.75 Å². The highest BCUT2D eigenvalue weighted by atomic mass is 16.5. The minimum absolute atomic E-state index is 0.184. The van der Waals surface area contributed by atoms with Crippen LogP contribution in [0.25, 0.3) is 0 Å². The van der Waals surface area contributed by atoms with Crippen LogP contribution in [0, 0.1) is 0 Å². The Labute approximate surface area is 114 Å². The summed E-state index contributed by atoms with van der Waals surface area (Å²) in [4.78, 5) is 10.5. The van der Waals surface area contributed by atoms with Crippen LogP contribution < -0.4 is 10.1 Å². The van der Waals surface area contributed by atoms with Crippen LogP contribution in [0.3, 0.4) is 0 Å². The van der Waals surface area contributed by atoms with Crippen molar-refractivity contribution in [3.05, 3.63) is 35.9 Å². The molecule has 0 aliphatic heterocycles. The second kappa shape index (κ2) is 7.46. The van der Waals surface area contributed by atoms with Gasteiger partial charge in [0.05, 0.1) is 6.10 Å². The molecular formula is C15H21NO3. The van der Waals surface area contributed by atoms with Crippen molar-refractivity contribution < 1.29 is 14.6 Å². The minimum Gasteiger partial charge on any atom is -0.491 e. The lowest BCUT2D eigenvalue weighted by molar-refractivity contribution is -0.131. The average molecular weight is 263 g/mol. The summed E-state index contributed by atoms with van der Waals surface area (Å²) >= 11 is 0. The Balaban J connectivity index is 2.60. The molecule has 0 radical (unpaired) electrons. The molecule has 4 nitrogen and oxygen atoms in total. The Morgan fingerprint density at radius 2 is 2.26 bits per heavy atom. The number of carboxylic acids is 1. The second-order valence-corrected chi connectivity index (χ2v) is 4.55. The normalized spacial score (nSPS) is 12.9. The summed E-state index contributed by atoms with van der Waals surface area (Å²) in [6.45, 7) is 6.38. The van der Waals surface area contributed by atoms with E-state index in [4.69, 9.17) is 9.84 Å². The standard InChI is InChI=1S/C15H21NO3/c1-4-12(3)19-14-7-5-6-13(9-14)16-10-11(2)8-15(17)18/h5-9,12,16H,4,10H2,1-3H3,(H,17,18)/b11-8+. The molecule has 1 aromatic rings. The molecule has 0 amide bonds. The number of rotatable bonds is 7. The first kappa shape index (κ1) is 15.1. The van der Waals surface area contributed by atoms with Crippen molar-refractivity contribution in [1.82, 2.24) is 0 Å². The van der Waals surface area contributed by atoms with Gasteiger partial charge < -0.3 is 15.2 Å². The van der Waals surface area contributed by atoms with E-state index < -0.39 is 5.97 Å². The highest BCUT2D eigenvalue weighted by molar-refractivity contribution is 5.80. The fourth-order valence-electron chi connectivity index (χ4n) is 1.50. The van der Waals surface area contributed by atoms with Gasteiger partial charge >= 0.3 is 5.97 Å². The predicted octanol–water partition coefficient (Wildman–Crippen LogP) is 3.31. The van der Waals surface area contributed by atoms with Crippen molar-refractivity contribution in [2.45, 2.75) is 33.3 Å². The van der Waals surface area contributed by atoms with Crippen molar-refractivity contribution >= 4 is 11.7 Å². The fraction of sp³-hybridized carbons (Fsp3) is 0.400. The molecule has 1 atom stereocenters. The maximum Gasteiger partial charge on any atom is 0.328 e. The summed E-state index contributed by atoms with van der Waals surface area (Å²) < 4.78 is 5.73. The molecule has 0 aliphatic carbocycles. The highest BCUT2D eigenvalue weighted by Gasteiger charge is 2.02. The number of nitrogens with one attached hydrogen (secondary N) is 1. The molecule has 2 N–H and O–H groups in total. The Morgan fingerprint density at radius 3 is 2.89 bits per heavy atom. The fourth-order valence-corrected chi connectivity index (χ4v) is 1.50. The number of hydrogen-bond acceptors (Lipinski definition) is 3. The van der Waals surface area contributed by atoms with Gasteiger partial charge in [-0.05, 0) is 38.0 Å². The number of ether oxygens (including phenoxy) is 1. The lowest BCUT2D eigenvalue weighted by Crippen LogP contribution is -2.10. The third-order valence-electron chi connectivity index (χ3n) is 2.69. The zero-order valence-electron chi connectivity index (χ0n) is 11.6. The molecule has 19 heavy (non-hydrogen) atoms. The molecule has 4 heteroatoms. The summed E-state index contributed by atoms with van der Waals surface area (Å²) in [5.74, 6) is -0.104. The van der Waals surface area contributed by atoms with Gasteiger partial charge in [0.2, 0.25) is 0 Å². The molecule has 104 valence electrons. The second-order valence-electron chi connectivity index (χ2n) is 4.55. The molecule has 0 fully saturated rings. The number of benzene rings is 1. The van der Waals surface area contributed by atoms with Crippen LogP contribution in [0.1, 0.15) is 27.2 Å². The first-order valence-electron chi connectivity index (χ1n) is 6.42. The van der Waals surface area contributed by atoms with E-state index in [1.165, 1.54) is 6.08 Å². The third-order valence-corrected chi connectivity index (χ3v) is 2.69.